The second-order valence-corrected chi connectivity index (χ2v) is 6.21. The Morgan fingerprint density at radius 1 is 1.13 bits per heavy atom. The molecular formula is C18H26N2O3. The summed E-state index contributed by atoms with van der Waals surface area (Å²) in [5.41, 5.74) is 1.10. The van der Waals surface area contributed by atoms with Crippen LogP contribution in [0.2, 0.25) is 0 Å². The van der Waals surface area contributed by atoms with Gasteiger partial charge in [-0.2, -0.15) is 0 Å². The minimum atomic E-state index is 0.0188. The monoisotopic (exact) mass is 318 g/mol. The molecule has 2 rings (SSSR count). The molecule has 0 spiro atoms. The lowest BCUT2D eigenvalue weighted by Crippen LogP contribution is -2.51. The maximum atomic E-state index is 12.3. The van der Waals surface area contributed by atoms with Gasteiger partial charge < -0.3 is 14.5 Å². The van der Waals surface area contributed by atoms with Gasteiger partial charge in [0.05, 0.1) is 7.11 Å². The Morgan fingerprint density at radius 2 is 1.78 bits per heavy atom. The topological polar surface area (TPSA) is 49.9 Å². The summed E-state index contributed by atoms with van der Waals surface area (Å²) in [6.45, 7) is 6.37. The lowest BCUT2D eigenvalue weighted by Gasteiger charge is -2.35. The van der Waals surface area contributed by atoms with E-state index in [0.29, 0.717) is 39.0 Å². The van der Waals surface area contributed by atoms with Gasteiger partial charge >= 0.3 is 0 Å². The van der Waals surface area contributed by atoms with Crippen molar-refractivity contribution in [2.75, 3.05) is 33.3 Å². The van der Waals surface area contributed by atoms with E-state index in [-0.39, 0.29) is 17.7 Å². The van der Waals surface area contributed by atoms with E-state index in [1.807, 2.05) is 47.9 Å². The van der Waals surface area contributed by atoms with Crippen LogP contribution in [0.1, 0.15) is 25.8 Å². The second-order valence-electron chi connectivity index (χ2n) is 6.21. The van der Waals surface area contributed by atoms with E-state index in [4.69, 9.17) is 4.74 Å². The molecule has 126 valence electrons. The highest BCUT2D eigenvalue weighted by Crippen LogP contribution is 2.15. The third-order valence-electron chi connectivity index (χ3n) is 4.20. The summed E-state index contributed by atoms with van der Waals surface area (Å²) in [5.74, 6) is 1.17. The fourth-order valence-electron chi connectivity index (χ4n) is 2.78. The number of amides is 2. The van der Waals surface area contributed by atoms with Gasteiger partial charge in [0.1, 0.15) is 5.75 Å². The third kappa shape index (κ3) is 4.71. The summed E-state index contributed by atoms with van der Waals surface area (Å²) in [4.78, 5) is 28.0. The highest BCUT2D eigenvalue weighted by atomic mass is 16.5. The van der Waals surface area contributed by atoms with Gasteiger partial charge in [-0.3, -0.25) is 9.59 Å². The van der Waals surface area contributed by atoms with Crippen molar-refractivity contribution in [1.29, 1.82) is 0 Å². The fourth-order valence-corrected chi connectivity index (χ4v) is 2.78. The molecule has 0 saturated carbocycles. The Kier molecular flexibility index (Phi) is 6.02. The number of carbonyl (C=O) groups is 2. The molecule has 0 radical (unpaired) electrons. The molecule has 1 fully saturated rings. The molecule has 0 atom stereocenters. The van der Waals surface area contributed by atoms with Crippen molar-refractivity contribution in [2.24, 2.45) is 5.92 Å². The number of hydrogen-bond acceptors (Lipinski definition) is 3. The number of rotatable bonds is 5. The Balaban J connectivity index is 1.80. The first-order valence-corrected chi connectivity index (χ1v) is 8.20. The smallest absolute Gasteiger partial charge is 0.225 e. The van der Waals surface area contributed by atoms with E-state index < -0.39 is 0 Å². The second kappa shape index (κ2) is 7.99. The number of piperazine rings is 1. The number of methoxy groups -OCH3 is 1. The van der Waals surface area contributed by atoms with Gasteiger partial charge in [0.2, 0.25) is 11.8 Å². The van der Waals surface area contributed by atoms with Gasteiger partial charge in [-0.05, 0) is 24.1 Å². The summed E-state index contributed by atoms with van der Waals surface area (Å²) < 4.78 is 5.20. The lowest BCUT2D eigenvalue weighted by molar-refractivity contribution is -0.141. The number of carbonyl (C=O) groups excluding carboxylic acids is 2. The van der Waals surface area contributed by atoms with Crippen LogP contribution in [0.4, 0.5) is 0 Å². The zero-order valence-electron chi connectivity index (χ0n) is 14.2. The first-order valence-electron chi connectivity index (χ1n) is 8.20. The average molecular weight is 318 g/mol. The maximum Gasteiger partial charge on any atom is 0.225 e. The van der Waals surface area contributed by atoms with E-state index in [1.54, 1.807) is 7.11 Å². The molecule has 1 saturated heterocycles. The molecule has 1 aliphatic heterocycles. The minimum Gasteiger partial charge on any atom is -0.497 e. The first kappa shape index (κ1) is 17.3. The molecule has 0 unspecified atom stereocenters. The summed E-state index contributed by atoms with van der Waals surface area (Å²) >= 11 is 0. The van der Waals surface area contributed by atoms with Crippen molar-refractivity contribution >= 4 is 11.8 Å². The number of nitrogens with zero attached hydrogens (tertiary/aromatic N) is 2. The number of hydrogen-bond donors (Lipinski definition) is 0. The molecule has 1 heterocycles. The summed E-state index contributed by atoms with van der Waals surface area (Å²) in [6, 6.07) is 7.81. The van der Waals surface area contributed by atoms with Gasteiger partial charge in [-0.1, -0.05) is 26.0 Å². The van der Waals surface area contributed by atoms with Crippen LogP contribution in [0.15, 0.2) is 24.3 Å². The highest BCUT2D eigenvalue weighted by molar-refractivity contribution is 5.79. The van der Waals surface area contributed by atoms with Crippen LogP contribution in [0, 0.1) is 5.92 Å². The number of aryl methyl sites for hydroxylation is 1. The number of benzene rings is 1. The van der Waals surface area contributed by atoms with Crippen LogP contribution in [-0.2, 0) is 16.0 Å². The molecule has 1 aromatic rings. The predicted molar refractivity (Wildman–Crippen MR) is 89.3 cm³/mol. The minimum absolute atomic E-state index is 0.0188. The SMILES string of the molecule is COc1cccc(CCC(=O)N2CCN(C(=O)C(C)C)CC2)c1. The standard InChI is InChI=1S/C18H26N2O3/c1-14(2)18(22)20-11-9-19(10-12-20)17(21)8-7-15-5-4-6-16(13-15)23-3/h4-6,13-14H,7-12H2,1-3H3. The highest BCUT2D eigenvalue weighted by Gasteiger charge is 2.25. The molecule has 0 N–H and O–H groups in total. The van der Waals surface area contributed by atoms with Crippen molar-refractivity contribution in [3.63, 3.8) is 0 Å². The molecule has 0 bridgehead atoms. The van der Waals surface area contributed by atoms with Gasteiger partial charge in [0.15, 0.2) is 0 Å². The van der Waals surface area contributed by atoms with Gasteiger partial charge in [0.25, 0.3) is 0 Å². The predicted octanol–water partition coefficient (Wildman–Crippen LogP) is 1.95. The summed E-state index contributed by atoms with van der Waals surface area (Å²) in [7, 11) is 1.64. The molecule has 1 aliphatic rings. The van der Waals surface area contributed by atoms with Crippen LogP contribution in [0.5, 0.6) is 5.75 Å². The van der Waals surface area contributed by atoms with E-state index in [0.717, 1.165) is 11.3 Å². The van der Waals surface area contributed by atoms with Gasteiger partial charge in [0, 0.05) is 38.5 Å². The van der Waals surface area contributed by atoms with Crippen molar-refractivity contribution in [2.45, 2.75) is 26.7 Å². The molecule has 0 aliphatic carbocycles. The lowest BCUT2D eigenvalue weighted by atomic mass is 10.1. The van der Waals surface area contributed by atoms with E-state index in [1.165, 1.54) is 0 Å². The first-order chi connectivity index (χ1) is 11.0. The van der Waals surface area contributed by atoms with Crippen molar-refractivity contribution < 1.29 is 14.3 Å². The van der Waals surface area contributed by atoms with Crippen molar-refractivity contribution in [3.05, 3.63) is 29.8 Å². The number of ether oxygens (including phenoxy) is 1. The Bertz CT molecular complexity index is 549. The Labute approximate surface area is 138 Å². The Hall–Kier alpha value is -2.04. The molecule has 0 aromatic heterocycles. The zero-order chi connectivity index (χ0) is 16.8. The van der Waals surface area contributed by atoms with Crippen LogP contribution in [-0.4, -0.2) is 54.9 Å². The van der Waals surface area contributed by atoms with Crippen LogP contribution in [0.3, 0.4) is 0 Å². The van der Waals surface area contributed by atoms with Gasteiger partial charge in [-0.25, -0.2) is 0 Å². The molecule has 23 heavy (non-hydrogen) atoms. The van der Waals surface area contributed by atoms with Crippen molar-refractivity contribution in [1.82, 2.24) is 9.80 Å². The van der Waals surface area contributed by atoms with Crippen LogP contribution < -0.4 is 4.74 Å². The van der Waals surface area contributed by atoms with Crippen molar-refractivity contribution in [3.8, 4) is 5.75 Å². The quantitative estimate of drug-likeness (QED) is 0.834. The normalized spacial score (nSPS) is 15.0. The molecule has 5 nitrogen and oxygen atoms in total. The maximum absolute atomic E-state index is 12.3. The molecule has 1 aromatic carbocycles. The van der Waals surface area contributed by atoms with Crippen LogP contribution >= 0.6 is 0 Å². The fraction of sp³-hybridized carbons (Fsp3) is 0.556. The van der Waals surface area contributed by atoms with Crippen LogP contribution in [0.25, 0.3) is 0 Å². The van der Waals surface area contributed by atoms with Gasteiger partial charge in [-0.15, -0.1) is 0 Å². The largest absolute Gasteiger partial charge is 0.497 e. The molecule has 2 amide bonds. The molecular weight excluding hydrogens is 292 g/mol. The third-order valence-corrected chi connectivity index (χ3v) is 4.20. The summed E-state index contributed by atoms with van der Waals surface area (Å²) in [5, 5.41) is 0. The molecule has 5 heteroatoms. The average Bonchev–Trinajstić information content (AvgIpc) is 2.59. The van der Waals surface area contributed by atoms with E-state index >= 15 is 0 Å². The van der Waals surface area contributed by atoms with E-state index in [2.05, 4.69) is 0 Å². The zero-order valence-corrected chi connectivity index (χ0v) is 14.2. The Morgan fingerprint density at radius 3 is 2.39 bits per heavy atom. The summed E-state index contributed by atoms with van der Waals surface area (Å²) in [6.07, 6.45) is 1.20. The van der Waals surface area contributed by atoms with E-state index in [9.17, 15) is 9.59 Å².